The Balaban J connectivity index is 1.81. The van der Waals surface area contributed by atoms with Crippen LogP contribution in [-0.4, -0.2) is 32.1 Å². The molecule has 1 saturated carbocycles. The maximum Gasteiger partial charge on any atom is 0.227 e. The van der Waals surface area contributed by atoms with Crippen LogP contribution in [0.1, 0.15) is 25.7 Å². The molecule has 5 nitrogen and oxygen atoms in total. The largest absolute Gasteiger partial charge is 0.383 e. The van der Waals surface area contributed by atoms with Gasteiger partial charge in [0.15, 0.2) is 0 Å². The Labute approximate surface area is 139 Å². The molecule has 0 saturated heterocycles. The van der Waals surface area contributed by atoms with Gasteiger partial charge in [-0.15, -0.1) is 0 Å². The third-order valence-electron chi connectivity index (χ3n) is 4.26. The molecule has 0 heterocycles. The molecule has 1 aliphatic carbocycles. The van der Waals surface area contributed by atoms with Crippen molar-refractivity contribution in [2.24, 2.45) is 11.8 Å². The lowest BCUT2D eigenvalue weighted by Crippen LogP contribution is -2.36. The molecule has 1 aromatic carbocycles. The standard InChI is InChI=1S/C17H22F2N2O3/c1-24-9-8-20-16(22)11-2-4-12(5-3-11)17(23)21-15-7-6-13(18)10-14(15)19/h6-7,10-12H,2-5,8-9H2,1H3,(H,20,22)(H,21,23). The summed E-state index contributed by atoms with van der Waals surface area (Å²) in [5.41, 5.74) is -0.0270. The highest BCUT2D eigenvalue weighted by atomic mass is 19.1. The second-order valence-corrected chi connectivity index (χ2v) is 5.95. The zero-order valence-electron chi connectivity index (χ0n) is 13.6. The van der Waals surface area contributed by atoms with Crippen molar-refractivity contribution in [2.45, 2.75) is 25.7 Å². The molecule has 1 aliphatic rings. The van der Waals surface area contributed by atoms with E-state index < -0.39 is 11.6 Å². The zero-order valence-corrected chi connectivity index (χ0v) is 13.6. The Morgan fingerprint density at radius 3 is 2.33 bits per heavy atom. The molecular weight excluding hydrogens is 318 g/mol. The molecule has 2 N–H and O–H groups in total. The molecular formula is C17H22F2N2O3. The first-order valence-corrected chi connectivity index (χ1v) is 8.04. The third-order valence-corrected chi connectivity index (χ3v) is 4.26. The number of methoxy groups -OCH3 is 1. The average molecular weight is 340 g/mol. The summed E-state index contributed by atoms with van der Waals surface area (Å²) in [4.78, 5) is 24.2. The Hall–Kier alpha value is -2.02. The number of halogens is 2. The highest BCUT2D eigenvalue weighted by Crippen LogP contribution is 2.30. The Bertz CT molecular complexity index is 587. The minimum Gasteiger partial charge on any atom is -0.383 e. The van der Waals surface area contributed by atoms with E-state index in [1.807, 2.05) is 0 Å². The van der Waals surface area contributed by atoms with Crippen LogP contribution in [0.4, 0.5) is 14.5 Å². The molecule has 1 fully saturated rings. The van der Waals surface area contributed by atoms with Crippen molar-refractivity contribution in [3.05, 3.63) is 29.8 Å². The van der Waals surface area contributed by atoms with Gasteiger partial charge in [-0.1, -0.05) is 0 Å². The maximum absolute atomic E-state index is 13.6. The molecule has 24 heavy (non-hydrogen) atoms. The van der Waals surface area contributed by atoms with E-state index in [-0.39, 0.29) is 29.3 Å². The number of hydrogen-bond acceptors (Lipinski definition) is 3. The molecule has 0 aliphatic heterocycles. The predicted molar refractivity (Wildman–Crippen MR) is 85.3 cm³/mol. The van der Waals surface area contributed by atoms with E-state index in [0.717, 1.165) is 12.1 Å². The van der Waals surface area contributed by atoms with Gasteiger partial charge in [-0.2, -0.15) is 0 Å². The molecule has 0 spiro atoms. The lowest BCUT2D eigenvalue weighted by atomic mass is 9.81. The van der Waals surface area contributed by atoms with Crippen LogP contribution in [0.25, 0.3) is 0 Å². The molecule has 2 rings (SSSR count). The van der Waals surface area contributed by atoms with Gasteiger partial charge in [-0.3, -0.25) is 9.59 Å². The van der Waals surface area contributed by atoms with Gasteiger partial charge in [0, 0.05) is 31.6 Å². The summed E-state index contributed by atoms with van der Waals surface area (Å²) >= 11 is 0. The summed E-state index contributed by atoms with van der Waals surface area (Å²) in [5, 5.41) is 5.30. The van der Waals surface area contributed by atoms with E-state index >= 15 is 0 Å². The van der Waals surface area contributed by atoms with Gasteiger partial charge in [-0.25, -0.2) is 8.78 Å². The van der Waals surface area contributed by atoms with Gasteiger partial charge in [0.2, 0.25) is 11.8 Å². The van der Waals surface area contributed by atoms with E-state index in [4.69, 9.17) is 4.74 Å². The SMILES string of the molecule is COCCNC(=O)C1CCC(C(=O)Nc2ccc(F)cc2F)CC1. The predicted octanol–water partition coefficient (Wildman–Crippen LogP) is 2.47. The number of amides is 2. The number of nitrogens with one attached hydrogen (secondary N) is 2. The molecule has 0 aromatic heterocycles. The zero-order chi connectivity index (χ0) is 17.5. The smallest absolute Gasteiger partial charge is 0.227 e. The molecule has 132 valence electrons. The van der Waals surface area contributed by atoms with Gasteiger partial charge >= 0.3 is 0 Å². The van der Waals surface area contributed by atoms with Crippen molar-refractivity contribution in [3.8, 4) is 0 Å². The van der Waals surface area contributed by atoms with Crippen LogP contribution in [-0.2, 0) is 14.3 Å². The first-order chi connectivity index (χ1) is 11.5. The third kappa shape index (κ3) is 4.99. The van der Waals surface area contributed by atoms with Crippen LogP contribution in [0.5, 0.6) is 0 Å². The van der Waals surface area contributed by atoms with E-state index in [1.165, 1.54) is 6.07 Å². The second kappa shape index (κ2) is 8.73. The molecule has 7 heteroatoms. The minimum absolute atomic E-state index is 0.0181. The molecule has 2 amide bonds. The van der Waals surface area contributed by atoms with E-state index in [0.29, 0.717) is 38.8 Å². The summed E-state index contributed by atoms with van der Waals surface area (Å²) in [6.45, 7) is 0.937. The highest BCUT2D eigenvalue weighted by molar-refractivity contribution is 5.92. The fourth-order valence-corrected chi connectivity index (χ4v) is 2.86. The normalized spacial score (nSPS) is 20.5. The lowest BCUT2D eigenvalue weighted by molar-refractivity contribution is -0.128. The van der Waals surface area contributed by atoms with E-state index in [2.05, 4.69) is 10.6 Å². The van der Waals surface area contributed by atoms with Crippen LogP contribution in [0.2, 0.25) is 0 Å². The van der Waals surface area contributed by atoms with Crippen molar-refractivity contribution in [1.82, 2.24) is 5.32 Å². The van der Waals surface area contributed by atoms with Gasteiger partial charge in [-0.05, 0) is 37.8 Å². The maximum atomic E-state index is 13.6. The lowest BCUT2D eigenvalue weighted by Gasteiger charge is -2.27. The summed E-state index contributed by atoms with van der Waals surface area (Å²) in [6.07, 6.45) is 2.36. The van der Waals surface area contributed by atoms with Gasteiger partial charge < -0.3 is 15.4 Å². The second-order valence-electron chi connectivity index (χ2n) is 5.95. The molecule has 1 aromatic rings. The average Bonchev–Trinajstić information content (AvgIpc) is 2.57. The molecule has 0 unspecified atom stereocenters. The minimum atomic E-state index is -0.797. The van der Waals surface area contributed by atoms with Gasteiger partial charge in [0.1, 0.15) is 11.6 Å². The van der Waals surface area contributed by atoms with Crippen molar-refractivity contribution in [2.75, 3.05) is 25.6 Å². The van der Waals surface area contributed by atoms with Crippen LogP contribution in [0.15, 0.2) is 18.2 Å². The number of ether oxygens (including phenoxy) is 1. The first-order valence-electron chi connectivity index (χ1n) is 8.04. The number of carbonyl (C=O) groups excluding carboxylic acids is 2. The van der Waals surface area contributed by atoms with Crippen LogP contribution >= 0.6 is 0 Å². The monoisotopic (exact) mass is 340 g/mol. The van der Waals surface area contributed by atoms with Crippen molar-refractivity contribution < 1.29 is 23.1 Å². The fourth-order valence-electron chi connectivity index (χ4n) is 2.86. The van der Waals surface area contributed by atoms with E-state index in [9.17, 15) is 18.4 Å². The summed E-state index contributed by atoms with van der Waals surface area (Å²) in [7, 11) is 1.57. The Morgan fingerprint density at radius 2 is 1.75 bits per heavy atom. The van der Waals surface area contributed by atoms with Gasteiger partial charge in [0.25, 0.3) is 0 Å². The number of hydrogen-bond donors (Lipinski definition) is 2. The number of carbonyl (C=O) groups is 2. The Morgan fingerprint density at radius 1 is 1.12 bits per heavy atom. The first kappa shape index (κ1) is 18.3. The van der Waals surface area contributed by atoms with Gasteiger partial charge in [0.05, 0.1) is 12.3 Å². The molecule has 0 bridgehead atoms. The Kier molecular flexibility index (Phi) is 6.66. The highest BCUT2D eigenvalue weighted by Gasteiger charge is 2.30. The molecule has 0 radical (unpaired) electrons. The topological polar surface area (TPSA) is 67.4 Å². The molecule has 0 atom stereocenters. The van der Waals surface area contributed by atoms with Crippen LogP contribution in [0, 0.1) is 23.5 Å². The van der Waals surface area contributed by atoms with E-state index in [1.54, 1.807) is 7.11 Å². The van der Waals surface area contributed by atoms with Crippen molar-refractivity contribution in [1.29, 1.82) is 0 Å². The van der Waals surface area contributed by atoms with Crippen molar-refractivity contribution >= 4 is 17.5 Å². The fraction of sp³-hybridized carbons (Fsp3) is 0.529. The summed E-state index contributed by atoms with van der Waals surface area (Å²) < 4.78 is 31.3. The quantitative estimate of drug-likeness (QED) is 0.782. The summed E-state index contributed by atoms with van der Waals surface area (Å²) in [6, 6.07) is 3.04. The number of anilines is 1. The van der Waals surface area contributed by atoms with Crippen LogP contribution < -0.4 is 10.6 Å². The number of rotatable bonds is 6. The number of benzene rings is 1. The summed E-state index contributed by atoms with van der Waals surface area (Å²) in [5.74, 6) is -2.17. The van der Waals surface area contributed by atoms with Crippen LogP contribution in [0.3, 0.4) is 0 Å². The van der Waals surface area contributed by atoms with Crippen molar-refractivity contribution in [3.63, 3.8) is 0 Å².